The van der Waals surface area contributed by atoms with Crippen molar-refractivity contribution >= 4 is 22.3 Å². The monoisotopic (exact) mass is 222 g/mol. The van der Waals surface area contributed by atoms with Crippen LogP contribution in [0.2, 0.25) is 0 Å². The molecule has 0 fully saturated rings. The Kier molecular flexibility index (Phi) is 3.16. The molecule has 0 bridgehead atoms. The number of allylic oxidation sites excluding steroid dienone is 2. The molecular formula is C11H14N2OS. The largest absolute Gasteiger partial charge is 0.375 e. The van der Waals surface area contributed by atoms with Crippen LogP contribution in [-0.2, 0) is 11.2 Å². The van der Waals surface area contributed by atoms with E-state index in [1.165, 1.54) is 17.8 Å². The lowest BCUT2D eigenvalue weighted by atomic mass is 9.95. The molecule has 0 unspecified atom stereocenters. The van der Waals surface area contributed by atoms with Crippen LogP contribution >= 0.6 is 11.3 Å². The van der Waals surface area contributed by atoms with Crippen molar-refractivity contribution in [3.8, 4) is 0 Å². The van der Waals surface area contributed by atoms with Gasteiger partial charge < -0.3 is 5.73 Å². The first-order valence-electron chi connectivity index (χ1n) is 5.18. The Morgan fingerprint density at radius 3 is 3.00 bits per heavy atom. The second-order valence-electron chi connectivity index (χ2n) is 3.75. The fourth-order valence-corrected chi connectivity index (χ4v) is 2.34. The normalized spacial score (nSPS) is 16.1. The van der Waals surface area contributed by atoms with Gasteiger partial charge in [0.2, 0.25) is 0 Å². The summed E-state index contributed by atoms with van der Waals surface area (Å²) in [6, 6.07) is 0. The average Bonchev–Trinajstić information content (AvgIpc) is 2.65. The minimum absolute atomic E-state index is 0.208. The van der Waals surface area contributed by atoms with Gasteiger partial charge in [0.15, 0.2) is 10.9 Å². The van der Waals surface area contributed by atoms with Crippen LogP contribution in [0.4, 0.5) is 5.13 Å². The minimum Gasteiger partial charge on any atom is -0.375 e. The second-order valence-corrected chi connectivity index (χ2v) is 4.64. The molecule has 1 aromatic rings. The maximum absolute atomic E-state index is 11.8. The Hall–Kier alpha value is -1.16. The predicted octanol–water partition coefficient (Wildman–Crippen LogP) is 2.34. The number of anilines is 1. The van der Waals surface area contributed by atoms with Crippen LogP contribution < -0.4 is 5.73 Å². The highest BCUT2D eigenvalue weighted by atomic mass is 32.1. The number of hydrogen-bond acceptors (Lipinski definition) is 4. The molecule has 1 heterocycles. The van der Waals surface area contributed by atoms with Crippen molar-refractivity contribution in [2.75, 3.05) is 5.73 Å². The van der Waals surface area contributed by atoms with E-state index >= 15 is 0 Å². The minimum atomic E-state index is 0.208. The molecule has 2 N–H and O–H groups in total. The number of thiazole rings is 1. The topological polar surface area (TPSA) is 56.0 Å². The summed E-state index contributed by atoms with van der Waals surface area (Å²) >= 11 is 1.39. The van der Waals surface area contributed by atoms with Crippen molar-refractivity contribution in [3.63, 3.8) is 0 Å². The zero-order chi connectivity index (χ0) is 10.7. The van der Waals surface area contributed by atoms with Crippen molar-refractivity contribution in [1.29, 1.82) is 0 Å². The Morgan fingerprint density at radius 2 is 2.40 bits per heavy atom. The Labute approximate surface area is 93.0 Å². The number of nitrogens with two attached hydrogens (primary N) is 1. The van der Waals surface area contributed by atoms with Gasteiger partial charge in [0.1, 0.15) is 0 Å². The number of nitrogen functional groups attached to an aromatic ring is 1. The van der Waals surface area contributed by atoms with Crippen molar-refractivity contribution in [2.24, 2.45) is 0 Å². The van der Waals surface area contributed by atoms with E-state index in [-0.39, 0.29) is 5.78 Å². The Bertz CT molecular complexity index is 395. The number of ketones is 1. The zero-order valence-electron chi connectivity index (χ0n) is 8.53. The molecule has 1 aliphatic carbocycles. The molecule has 0 amide bonds. The van der Waals surface area contributed by atoms with E-state index in [2.05, 4.69) is 11.1 Å². The first-order valence-corrected chi connectivity index (χ1v) is 6.06. The lowest BCUT2D eigenvalue weighted by molar-refractivity contribution is -0.115. The smallest absolute Gasteiger partial charge is 0.180 e. The van der Waals surface area contributed by atoms with Crippen LogP contribution in [0.25, 0.3) is 0 Å². The van der Waals surface area contributed by atoms with E-state index in [1.54, 1.807) is 0 Å². The average molecular weight is 222 g/mol. The van der Waals surface area contributed by atoms with Crippen molar-refractivity contribution in [1.82, 2.24) is 4.98 Å². The number of carbonyl (C=O) groups excluding carboxylic acids is 1. The fourth-order valence-electron chi connectivity index (χ4n) is 1.77. The summed E-state index contributed by atoms with van der Waals surface area (Å²) in [5.74, 6) is 0.208. The summed E-state index contributed by atoms with van der Waals surface area (Å²) < 4.78 is 0. The molecule has 2 rings (SSSR count). The van der Waals surface area contributed by atoms with Gasteiger partial charge in [-0.15, -0.1) is 11.3 Å². The van der Waals surface area contributed by atoms with Gasteiger partial charge in [-0.3, -0.25) is 4.79 Å². The maximum atomic E-state index is 11.8. The summed E-state index contributed by atoms with van der Waals surface area (Å²) in [5, 5.41) is 2.40. The quantitative estimate of drug-likeness (QED) is 0.854. The van der Waals surface area contributed by atoms with E-state index in [1.807, 2.05) is 5.38 Å². The molecule has 0 atom stereocenters. The van der Waals surface area contributed by atoms with E-state index in [0.717, 1.165) is 30.5 Å². The SMILES string of the molecule is Nc1nc(CC(=O)C2=CCCCC2)cs1. The summed E-state index contributed by atoms with van der Waals surface area (Å²) in [7, 11) is 0. The fraction of sp³-hybridized carbons (Fsp3) is 0.455. The number of aromatic nitrogens is 1. The molecule has 0 saturated carbocycles. The molecular weight excluding hydrogens is 208 g/mol. The highest BCUT2D eigenvalue weighted by Gasteiger charge is 2.13. The summed E-state index contributed by atoms with van der Waals surface area (Å²) in [5.41, 5.74) is 7.29. The molecule has 80 valence electrons. The number of rotatable bonds is 3. The maximum Gasteiger partial charge on any atom is 0.180 e. The van der Waals surface area contributed by atoms with Crippen LogP contribution in [0.1, 0.15) is 31.4 Å². The van der Waals surface area contributed by atoms with Crippen LogP contribution in [-0.4, -0.2) is 10.8 Å². The lowest BCUT2D eigenvalue weighted by Gasteiger charge is -2.10. The lowest BCUT2D eigenvalue weighted by Crippen LogP contribution is -2.09. The van der Waals surface area contributed by atoms with Crippen molar-refractivity contribution in [2.45, 2.75) is 32.1 Å². The summed E-state index contributed by atoms with van der Waals surface area (Å²) in [6.07, 6.45) is 6.79. The standard InChI is InChI=1S/C11H14N2OS/c12-11-13-9(7-15-11)6-10(14)8-4-2-1-3-5-8/h4,7H,1-3,5-6H2,(H2,12,13). The molecule has 0 aromatic carbocycles. The second kappa shape index (κ2) is 4.57. The molecule has 1 aliphatic rings. The Morgan fingerprint density at radius 1 is 1.53 bits per heavy atom. The highest BCUT2D eigenvalue weighted by molar-refractivity contribution is 7.13. The number of nitrogens with zero attached hydrogens (tertiary/aromatic N) is 1. The molecule has 0 radical (unpaired) electrons. The Balaban J connectivity index is 2.00. The summed E-state index contributed by atoms with van der Waals surface area (Å²) in [4.78, 5) is 15.9. The molecule has 0 saturated heterocycles. The van der Waals surface area contributed by atoms with E-state index in [0.29, 0.717) is 11.6 Å². The van der Waals surface area contributed by atoms with E-state index < -0.39 is 0 Å². The van der Waals surface area contributed by atoms with E-state index in [9.17, 15) is 4.79 Å². The molecule has 0 spiro atoms. The van der Waals surface area contributed by atoms with Gasteiger partial charge in [-0.1, -0.05) is 6.08 Å². The molecule has 15 heavy (non-hydrogen) atoms. The van der Waals surface area contributed by atoms with Gasteiger partial charge in [0.25, 0.3) is 0 Å². The third-order valence-corrected chi connectivity index (χ3v) is 3.28. The third-order valence-electron chi connectivity index (χ3n) is 2.56. The van der Waals surface area contributed by atoms with Crippen LogP contribution in [0.15, 0.2) is 17.0 Å². The van der Waals surface area contributed by atoms with Crippen molar-refractivity contribution < 1.29 is 4.79 Å². The van der Waals surface area contributed by atoms with Gasteiger partial charge >= 0.3 is 0 Å². The molecule has 0 aliphatic heterocycles. The van der Waals surface area contributed by atoms with Crippen LogP contribution in [0, 0.1) is 0 Å². The molecule has 1 aromatic heterocycles. The van der Waals surface area contributed by atoms with Crippen LogP contribution in [0.3, 0.4) is 0 Å². The van der Waals surface area contributed by atoms with Gasteiger partial charge in [-0.25, -0.2) is 4.98 Å². The highest BCUT2D eigenvalue weighted by Crippen LogP contribution is 2.20. The predicted molar refractivity (Wildman–Crippen MR) is 61.8 cm³/mol. The van der Waals surface area contributed by atoms with Gasteiger partial charge in [0.05, 0.1) is 12.1 Å². The first kappa shape index (κ1) is 10.4. The first-order chi connectivity index (χ1) is 7.25. The number of hydrogen-bond donors (Lipinski definition) is 1. The van der Waals surface area contributed by atoms with Gasteiger partial charge in [-0.2, -0.15) is 0 Å². The zero-order valence-corrected chi connectivity index (χ0v) is 9.35. The third kappa shape index (κ3) is 2.65. The van der Waals surface area contributed by atoms with Gasteiger partial charge in [-0.05, 0) is 31.3 Å². The van der Waals surface area contributed by atoms with Crippen molar-refractivity contribution in [3.05, 3.63) is 22.7 Å². The van der Waals surface area contributed by atoms with E-state index in [4.69, 9.17) is 5.73 Å². The van der Waals surface area contributed by atoms with Gasteiger partial charge in [0, 0.05) is 5.38 Å². The molecule has 4 heteroatoms. The summed E-state index contributed by atoms with van der Waals surface area (Å²) in [6.45, 7) is 0. The number of carbonyl (C=O) groups is 1. The molecule has 3 nitrogen and oxygen atoms in total. The van der Waals surface area contributed by atoms with Crippen LogP contribution in [0.5, 0.6) is 0 Å². The number of Topliss-reactive ketones (excluding diaryl/α,β-unsaturated/α-hetero) is 1.